The summed E-state index contributed by atoms with van der Waals surface area (Å²) in [4.78, 5) is 12.4. The van der Waals surface area contributed by atoms with Crippen LogP contribution in [0, 0.1) is 5.92 Å². The minimum atomic E-state index is -0.0262. The van der Waals surface area contributed by atoms with Gasteiger partial charge in [-0.25, -0.2) is 4.68 Å². The number of nitrogens with one attached hydrogen (secondary N) is 1. The van der Waals surface area contributed by atoms with Gasteiger partial charge >= 0.3 is 0 Å². The number of hydrogen-bond acceptors (Lipinski definition) is 4. The first-order valence-electron chi connectivity index (χ1n) is 6.91. The van der Waals surface area contributed by atoms with Crippen LogP contribution in [0.3, 0.4) is 0 Å². The summed E-state index contributed by atoms with van der Waals surface area (Å²) in [5, 5.41) is 7.51. The normalized spacial score (nSPS) is 26.6. The fourth-order valence-corrected chi connectivity index (χ4v) is 3.01. The van der Waals surface area contributed by atoms with E-state index in [4.69, 9.17) is 5.73 Å². The highest BCUT2D eigenvalue weighted by molar-refractivity contribution is 9.10. The van der Waals surface area contributed by atoms with E-state index < -0.39 is 0 Å². The Morgan fingerprint density at radius 2 is 2.21 bits per heavy atom. The molecule has 1 aromatic heterocycles. The van der Waals surface area contributed by atoms with Crippen molar-refractivity contribution < 1.29 is 0 Å². The van der Waals surface area contributed by atoms with Crippen molar-refractivity contribution in [2.75, 3.05) is 5.32 Å². The first-order chi connectivity index (χ1) is 9.13. The van der Waals surface area contributed by atoms with Gasteiger partial charge in [-0.1, -0.05) is 6.42 Å². The lowest BCUT2D eigenvalue weighted by Gasteiger charge is -2.34. The van der Waals surface area contributed by atoms with Gasteiger partial charge in [-0.2, -0.15) is 5.10 Å². The maximum absolute atomic E-state index is 12.4. The Morgan fingerprint density at radius 1 is 1.47 bits per heavy atom. The predicted molar refractivity (Wildman–Crippen MR) is 78.2 cm³/mol. The van der Waals surface area contributed by atoms with E-state index in [1.807, 2.05) is 0 Å². The van der Waals surface area contributed by atoms with Crippen molar-refractivity contribution in [3.8, 4) is 0 Å². The molecule has 0 radical (unpaired) electrons. The van der Waals surface area contributed by atoms with Gasteiger partial charge in [0.2, 0.25) is 0 Å². The number of halogens is 1. The topological polar surface area (TPSA) is 72.9 Å². The first-order valence-corrected chi connectivity index (χ1v) is 7.70. The molecule has 0 aliphatic heterocycles. The van der Waals surface area contributed by atoms with E-state index in [-0.39, 0.29) is 11.6 Å². The standard InChI is InChI=1S/C13H19BrN4O/c14-11-6-16-18(7-8-2-1-3-8)13(19)12(11)17-10-4-9(15)5-10/h6,8-10,17H,1-5,7,15H2. The highest BCUT2D eigenvalue weighted by atomic mass is 79.9. The second-order valence-corrected chi connectivity index (χ2v) is 6.58. The second-order valence-electron chi connectivity index (χ2n) is 5.72. The Morgan fingerprint density at radius 3 is 2.79 bits per heavy atom. The van der Waals surface area contributed by atoms with E-state index in [1.165, 1.54) is 19.3 Å². The third-order valence-corrected chi connectivity index (χ3v) is 4.78. The Balaban J connectivity index is 1.77. The number of nitrogens with two attached hydrogens (primary N) is 1. The molecule has 19 heavy (non-hydrogen) atoms. The van der Waals surface area contributed by atoms with Gasteiger partial charge in [0.25, 0.3) is 5.56 Å². The van der Waals surface area contributed by atoms with Gasteiger partial charge in [0.15, 0.2) is 0 Å². The Bertz CT molecular complexity index is 520. The molecule has 2 fully saturated rings. The molecule has 1 aromatic rings. The van der Waals surface area contributed by atoms with Crippen LogP contribution in [0.1, 0.15) is 32.1 Å². The summed E-state index contributed by atoms with van der Waals surface area (Å²) in [5.41, 5.74) is 6.38. The second kappa shape index (κ2) is 5.25. The van der Waals surface area contributed by atoms with Gasteiger partial charge < -0.3 is 11.1 Å². The summed E-state index contributed by atoms with van der Waals surface area (Å²) >= 11 is 3.41. The van der Waals surface area contributed by atoms with E-state index in [2.05, 4.69) is 26.3 Å². The molecule has 2 aliphatic carbocycles. The zero-order chi connectivity index (χ0) is 13.4. The minimum Gasteiger partial charge on any atom is -0.377 e. The van der Waals surface area contributed by atoms with Crippen LogP contribution in [0.5, 0.6) is 0 Å². The number of nitrogens with zero attached hydrogens (tertiary/aromatic N) is 2. The molecule has 104 valence electrons. The molecule has 6 heteroatoms. The van der Waals surface area contributed by atoms with E-state index in [1.54, 1.807) is 10.9 Å². The van der Waals surface area contributed by atoms with Crippen LogP contribution in [0.25, 0.3) is 0 Å². The van der Waals surface area contributed by atoms with Crippen LogP contribution in [-0.2, 0) is 6.54 Å². The van der Waals surface area contributed by atoms with Gasteiger partial charge in [0.05, 0.1) is 10.7 Å². The zero-order valence-electron chi connectivity index (χ0n) is 10.8. The fraction of sp³-hybridized carbons (Fsp3) is 0.692. The van der Waals surface area contributed by atoms with E-state index in [0.717, 1.165) is 23.9 Å². The Labute approximate surface area is 120 Å². The van der Waals surface area contributed by atoms with Crippen LogP contribution in [0.4, 0.5) is 5.69 Å². The lowest BCUT2D eigenvalue weighted by molar-refractivity contribution is 0.261. The third kappa shape index (κ3) is 2.69. The molecule has 0 aromatic carbocycles. The average Bonchev–Trinajstić information content (AvgIpc) is 2.28. The average molecular weight is 327 g/mol. The van der Waals surface area contributed by atoms with Crippen LogP contribution in [-0.4, -0.2) is 21.9 Å². The van der Waals surface area contributed by atoms with Crippen molar-refractivity contribution >= 4 is 21.6 Å². The number of aromatic nitrogens is 2. The van der Waals surface area contributed by atoms with Gasteiger partial charge in [-0.05, 0) is 47.5 Å². The Kier molecular flexibility index (Phi) is 3.62. The summed E-state index contributed by atoms with van der Waals surface area (Å²) in [5.74, 6) is 0.622. The summed E-state index contributed by atoms with van der Waals surface area (Å²) in [6.45, 7) is 0.741. The smallest absolute Gasteiger partial charge is 0.291 e. The lowest BCUT2D eigenvalue weighted by Crippen LogP contribution is -2.45. The largest absolute Gasteiger partial charge is 0.377 e. The number of hydrogen-bond donors (Lipinski definition) is 2. The van der Waals surface area contributed by atoms with Crippen LogP contribution in [0.15, 0.2) is 15.5 Å². The highest BCUT2D eigenvalue weighted by Gasteiger charge is 2.27. The summed E-state index contributed by atoms with van der Waals surface area (Å²) in [7, 11) is 0. The molecular formula is C13H19BrN4O. The van der Waals surface area contributed by atoms with Gasteiger partial charge in [0, 0.05) is 18.6 Å². The number of anilines is 1. The Hall–Kier alpha value is -0.880. The number of rotatable bonds is 4. The van der Waals surface area contributed by atoms with Crippen molar-refractivity contribution in [1.29, 1.82) is 0 Å². The van der Waals surface area contributed by atoms with Crippen LogP contribution in [0.2, 0.25) is 0 Å². The molecule has 0 unspecified atom stereocenters. The SMILES string of the molecule is NC1CC(Nc2c(Br)cnn(CC3CCC3)c2=O)C1. The van der Waals surface area contributed by atoms with E-state index in [0.29, 0.717) is 17.6 Å². The summed E-state index contributed by atoms with van der Waals surface area (Å²) in [6.07, 6.45) is 7.27. The minimum absolute atomic E-state index is 0.0262. The maximum Gasteiger partial charge on any atom is 0.291 e. The molecule has 0 saturated heterocycles. The molecule has 3 rings (SSSR count). The predicted octanol–water partition coefficient (Wildman–Crippen LogP) is 1.71. The summed E-state index contributed by atoms with van der Waals surface area (Å²) < 4.78 is 2.33. The lowest BCUT2D eigenvalue weighted by atomic mass is 9.85. The van der Waals surface area contributed by atoms with Crippen LogP contribution < -0.4 is 16.6 Å². The molecule has 1 heterocycles. The van der Waals surface area contributed by atoms with Crippen molar-refractivity contribution in [3.63, 3.8) is 0 Å². The molecule has 5 nitrogen and oxygen atoms in total. The first kappa shape index (κ1) is 13.1. The quantitative estimate of drug-likeness (QED) is 0.883. The molecule has 2 aliphatic rings. The molecule has 0 amide bonds. The fourth-order valence-electron chi connectivity index (χ4n) is 2.63. The monoisotopic (exact) mass is 326 g/mol. The molecule has 0 bridgehead atoms. The highest BCUT2D eigenvalue weighted by Crippen LogP contribution is 2.28. The third-order valence-electron chi connectivity index (χ3n) is 4.18. The van der Waals surface area contributed by atoms with Crippen LogP contribution >= 0.6 is 15.9 Å². The van der Waals surface area contributed by atoms with Gasteiger partial charge in [-0.15, -0.1) is 0 Å². The summed E-state index contributed by atoms with van der Waals surface area (Å²) in [6, 6.07) is 0.592. The maximum atomic E-state index is 12.4. The molecule has 3 N–H and O–H groups in total. The van der Waals surface area contributed by atoms with Crippen molar-refractivity contribution in [2.45, 2.75) is 50.7 Å². The van der Waals surface area contributed by atoms with Gasteiger partial charge in [-0.3, -0.25) is 4.79 Å². The zero-order valence-corrected chi connectivity index (χ0v) is 12.4. The van der Waals surface area contributed by atoms with E-state index >= 15 is 0 Å². The van der Waals surface area contributed by atoms with Crippen molar-refractivity contribution in [1.82, 2.24) is 9.78 Å². The van der Waals surface area contributed by atoms with Crippen molar-refractivity contribution in [2.24, 2.45) is 11.7 Å². The van der Waals surface area contributed by atoms with Gasteiger partial charge in [0.1, 0.15) is 5.69 Å². The van der Waals surface area contributed by atoms with E-state index in [9.17, 15) is 4.79 Å². The molecule has 0 spiro atoms. The molecular weight excluding hydrogens is 308 g/mol. The molecule has 0 atom stereocenters. The van der Waals surface area contributed by atoms with Crippen molar-refractivity contribution in [3.05, 3.63) is 21.0 Å². The molecule has 2 saturated carbocycles.